The number of carboxylic acid groups (broad SMARTS) is 1. The number of anilines is 1. The Hall–Kier alpha value is -3.52. The van der Waals surface area contributed by atoms with E-state index < -0.39 is 23.9 Å². The van der Waals surface area contributed by atoms with Crippen molar-refractivity contribution in [3.05, 3.63) is 65.2 Å². The van der Waals surface area contributed by atoms with E-state index >= 15 is 0 Å². The number of nitrogens with one attached hydrogen (secondary N) is 1. The molecule has 148 valence electrons. The SMILES string of the molecule is Cc1cccc(N2C(=O)/C(=C\c3ccc(OC(C)C(=O)O)cc3)C(=O)NC2=S)c1. The maximum Gasteiger partial charge on any atom is 0.344 e. The second kappa shape index (κ2) is 8.24. The molecule has 1 aliphatic heterocycles. The molecule has 2 aromatic carbocycles. The number of rotatable bonds is 5. The third kappa shape index (κ3) is 4.49. The predicted octanol–water partition coefficient (Wildman–Crippen LogP) is 2.68. The van der Waals surface area contributed by atoms with Crippen LogP contribution in [0.25, 0.3) is 6.08 Å². The number of ether oxygens (including phenoxy) is 1. The Bertz CT molecular complexity index is 1030. The van der Waals surface area contributed by atoms with Gasteiger partial charge in [0.1, 0.15) is 11.3 Å². The lowest BCUT2D eigenvalue weighted by atomic mass is 10.1. The number of amides is 2. The van der Waals surface area contributed by atoms with Crippen LogP contribution in [0.1, 0.15) is 18.1 Å². The van der Waals surface area contributed by atoms with E-state index in [1.54, 1.807) is 42.5 Å². The van der Waals surface area contributed by atoms with Crippen LogP contribution in [-0.4, -0.2) is 34.1 Å². The summed E-state index contributed by atoms with van der Waals surface area (Å²) in [6.45, 7) is 3.32. The summed E-state index contributed by atoms with van der Waals surface area (Å²) in [5.74, 6) is -1.81. The number of aliphatic carboxylic acids is 1. The van der Waals surface area contributed by atoms with Gasteiger partial charge in [-0.15, -0.1) is 0 Å². The third-order valence-corrected chi connectivity index (χ3v) is 4.50. The van der Waals surface area contributed by atoms with Gasteiger partial charge >= 0.3 is 5.97 Å². The van der Waals surface area contributed by atoms with Crippen molar-refractivity contribution in [1.82, 2.24) is 5.32 Å². The molecule has 2 amide bonds. The third-order valence-electron chi connectivity index (χ3n) is 4.21. The second-order valence-electron chi connectivity index (χ2n) is 6.46. The number of hydrogen-bond acceptors (Lipinski definition) is 5. The number of hydrogen-bond donors (Lipinski definition) is 2. The highest BCUT2D eigenvalue weighted by Gasteiger charge is 2.34. The van der Waals surface area contributed by atoms with Crippen molar-refractivity contribution in [3.8, 4) is 5.75 Å². The standard InChI is InChI=1S/C21H18N2O5S/c1-12-4-3-5-15(10-12)23-19(25)17(18(24)22-21(23)29)11-14-6-8-16(9-7-14)28-13(2)20(26)27/h3-11,13H,1-2H3,(H,26,27)(H,22,24,29)/b17-11-. The van der Waals surface area contributed by atoms with E-state index in [4.69, 9.17) is 22.1 Å². The van der Waals surface area contributed by atoms with Crippen LogP contribution in [0, 0.1) is 6.92 Å². The van der Waals surface area contributed by atoms with Gasteiger partial charge in [0.15, 0.2) is 11.2 Å². The molecule has 0 aliphatic carbocycles. The van der Waals surface area contributed by atoms with Gasteiger partial charge < -0.3 is 9.84 Å². The molecule has 1 unspecified atom stereocenters. The number of nitrogens with zero attached hydrogens (tertiary/aromatic N) is 1. The summed E-state index contributed by atoms with van der Waals surface area (Å²) in [5, 5.41) is 11.5. The number of benzene rings is 2. The first-order chi connectivity index (χ1) is 13.8. The Morgan fingerprint density at radius 2 is 1.90 bits per heavy atom. The molecular formula is C21H18N2O5S. The fourth-order valence-corrected chi connectivity index (χ4v) is 3.00. The number of carbonyl (C=O) groups is 3. The van der Waals surface area contributed by atoms with Crippen LogP contribution in [0.5, 0.6) is 5.75 Å². The van der Waals surface area contributed by atoms with Crippen molar-refractivity contribution < 1.29 is 24.2 Å². The highest BCUT2D eigenvalue weighted by atomic mass is 32.1. The normalized spacial score (nSPS) is 16.6. The summed E-state index contributed by atoms with van der Waals surface area (Å²) in [4.78, 5) is 37.5. The molecule has 0 aromatic heterocycles. The highest BCUT2D eigenvalue weighted by molar-refractivity contribution is 7.80. The van der Waals surface area contributed by atoms with Gasteiger partial charge in [-0.2, -0.15) is 0 Å². The van der Waals surface area contributed by atoms with Crippen LogP contribution < -0.4 is 15.0 Å². The molecule has 2 N–H and O–H groups in total. The predicted molar refractivity (Wildman–Crippen MR) is 112 cm³/mol. The molecule has 0 bridgehead atoms. The van der Waals surface area contributed by atoms with E-state index in [1.807, 2.05) is 13.0 Å². The topological polar surface area (TPSA) is 95.9 Å². The molecular weight excluding hydrogens is 392 g/mol. The lowest BCUT2D eigenvalue weighted by Gasteiger charge is -2.29. The van der Waals surface area contributed by atoms with Crippen molar-refractivity contribution in [3.63, 3.8) is 0 Å². The van der Waals surface area contributed by atoms with Crippen LogP contribution in [0.3, 0.4) is 0 Å². The van der Waals surface area contributed by atoms with Gasteiger partial charge in [0.25, 0.3) is 11.8 Å². The lowest BCUT2D eigenvalue weighted by Crippen LogP contribution is -2.54. The average molecular weight is 410 g/mol. The molecule has 1 saturated heterocycles. The summed E-state index contributed by atoms with van der Waals surface area (Å²) in [7, 11) is 0. The maximum absolute atomic E-state index is 13.0. The largest absolute Gasteiger partial charge is 0.479 e. The second-order valence-corrected chi connectivity index (χ2v) is 6.85. The lowest BCUT2D eigenvalue weighted by molar-refractivity contribution is -0.144. The van der Waals surface area contributed by atoms with E-state index in [0.29, 0.717) is 17.0 Å². The quantitative estimate of drug-likeness (QED) is 0.447. The van der Waals surface area contributed by atoms with Crippen molar-refractivity contribution >= 4 is 46.9 Å². The number of carboxylic acids is 1. The molecule has 29 heavy (non-hydrogen) atoms. The Balaban J connectivity index is 1.87. The smallest absolute Gasteiger partial charge is 0.344 e. The van der Waals surface area contributed by atoms with E-state index in [9.17, 15) is 14.4 Å². The van der Waals surface area contributed by atoms with Crippen LogP contribution in [0.15, 0.2) is 54.1 Å². The van der Waals surface area contributed by atoms with E-state index in [0.717, 1.165) is 5.56 Å². The zero-order valence-corrected chi connectivity index (χ0v) is 16.5. The number of thiocarbonyl (C=S) groups is 1. The minimum absolute atomic E-state index is 0.0224. The molecule has 3 rings (SSSR count). The summed E-state index contributed by atoms with van der Waals surface area (Å²) >= 11 is 5.18. The van der Waals surface area contributed by atoms with E-state index in [2.05, 4.69) is 5.32 Å². The van der Waals surface area contributed by atoms with Gasteiger partial charge in [-0.3, -0.25) is 19.8 Å². The Kier molecular flexibility index (Phi) is 5.74. The Morgan fingerprint density at radius 1 is 1.21 bits per heavy atom. The molecule has 1 atom stereocenters. The molecule has 8 heteroatoms. The van der Waals surface area contributed by atoms with Gasteiger partial charge in [-0.25, -0.2) is 4.79 Å². The summed E-state index contributed by atoms with van der Waals surface area (Å²) in [6, 6.07) is 13.6. The molecule has 1 aliphatic rings. The molecule has 1 heterocycles. The molecule has 0 radical (unpaired) electrons. The van der Waals surface area contributed by atoms with Crippen molar-refractivity contribution in [2.24, 2.45) is 0 Å². The fraction of sp³-hybridized carbons (Fsp3) is 0.143. The van der Waals surface area contributed by atoms with Crippen LogP contribution in [-0.2, 0) is 14.4 Å². The minimum Gasteiger partial charge on any atom is -0.479 e. The van der Waals surface area contributed by atoms with E-state index in [1.165, 1.54) is 17.9 Å². The first-order valence-corrected chi connectivity index (χ1v) is 9.15. The van der Waals surface area contributed by atoms with Crippen LogP contribution >= 0.6 is 12.2 Å². The van der Waals surface area contributed by atoms with Crippen molar-refractivity contribution in [2.45, 2.75) is 20.0 Å². The summed E-state index contributed by atoms with van der Waals surface area (Å²) in [5.41, 5.74) is 2.03. The van der Waals surface area contributed by atoms with E-state index in [-0.39, 0.29) is 10.7 Å². The maximum atomic E-state index is 13.0. The molecule has 7 nitrogen and oxygen atoms in total. The molecule has 1 fully saturated rings. The molecule has 0 spiro atoms. The Labute approximate surface area is 172 Å². The first kappa shape index (κ1) is 20.2. The van der Waals surface area contributed by atoms with Gasteiger partial charge in [0.2, 0.25) is 0 Å². The fourth-order valence-electron chi connectivity index (χ4n) is 2.72. The average Bonchev–Trinajstić information content (AvgIpc) is 2.66. The van der Waals surface area contributed by atoms with Gasteiger partial charge in [-0.1, -0.05) is 24.3 Å². The highest BCUT2D eigenvalue weighted by Crippen LogP contribution is 2.23. The first-order valence-electron chi connectivity index (χ1n) is 8.74. The minimum atomic E-state index is -1.08. The molecule has 2 aromatic rings. The van der Waals surface area contributed by atoms with Gasteiger partial charge in [0.05, 0.1) is 5.69 Å². The van der Waals surface area contributed by atoms with Crippen molar-refractivity contribution in [1.29, 1.82) is 0 Å². The monoisotopic (exact) mass is 410 g/mol. The van der Waals surface area contributed by atoms with Gasteiger partial charge in [0, 0.05) is 0 Å². The Morgan fingerprint density at radius 3 is 2.52 bits per heavy atom. The van der Waals surface area contributed by atoms with Crippen LogP contribution in [0.2, 0.25) is 0 Å². The summed E-state index contributed by atoms with van der Waals surface area (Å²) in [6.07, 6.45) is 0.459. The summed E-state index contributed by atoms with van der Waals surface area (Å²) < 4.78 is 5.27. The van der Waals surface area contributed by atoms with Crippen molar-refractivity contribution in [2.75, 3.05) is 4.90 Å². The molecule has 0 saturated carbocycles. The zero-order chi connectivity index (χ0) is 21.1. The van der Waals surface area contributed by atoms with Crippen LogP contribution in [0.4, 0.5) is 5.69 Å². The zero-order valence-electron chi connectivity index (χ0n) is 15.7. The number of aryl methyl sites for hydroxylation is 1. The number of carbonyl (C=O) groups excluding carboxylic acids is 2. The van der Waals surface area contributed by atoms with Gasteiger partial charge in [-0.05, 0) is 67.5 Å².